The van der Waals surface area contributed by atoms with E-state index in [9.17, 15) is 68.4 Å². The summed E-state index contributed by atoms with van der Waals surface area (Å²) in [5.74, 6) is -18.1. The number of hydrogen-bond donors (Lipinski definition) is 18. The van der Waals surface area contributed by atoms with Crippen LogP contribution in [0.25, 0.3) is 0 Å². The highest BCUT2D eigenvalue weighted by atomic mass is 16.6. The van der Waals surface area contributed by atoms with Gasteiger partial charge in [-0.05, 0) is 88.2 Å². The van der Waals surface area contributed by atoms with Crippen molar-refractivity contribution in [2.75, 3.05) is 26.3 Å². The van der Waals surface area contributed by atoms with Crippen molar-refractivity contribution in [2.24, 2.45) is 45.9 Å². The number of nitrogens with two attached hydrogens (primary N) is 3. The van der Waals surface area contributed by atoms with E-state index in [1.54, 1.807) is 92.6 Å². The molecule has 568 valence electrons. The first-order valence-corrected chi connectivity index (χ1v) is 33.7. The van der Waals surface area contributed by atoms with Crippen molar-refractivity contribution in [3.8, 4) is 0 Å². The second-order valence-corrected chi connectivity index (χ2v) is 27.0. The van der Waals surface area contributed by atoms with Gasteiger partial charge in [0.15, 0.2) is 24.2 Å². The van der Waals surface area contributed by atoms with Crippen LogP contribution in [0.5, 0.6) is 0 Å². The van der Waals surface area contributed by atoms with E-state index in [0.29, 0.717) is 5.56 Å². The zero-order chi connectivity index (χ0) is 76.9. The normalized spacial score (nSPS) is 23.2. The van der Waals surface area contributed by atoms with Crippen LogP contribution in [0.1, 0.15) is 132 Å². The second kappa shape index (κ2) is 42.0. The standard InChI is InChI=1S/C67H105N15O20/c1-13-36(8)46-60(94)80-47(37(9)84)59(93)72-29-45(85)78-49(52(87)54(68)88)62(96)76-43(30-83)64(98)101-53(39-23-18-15-19-24-39)50(82-57(91)42(28-34(4)5)74-58(92)44(77-66(99)102-67(10,11)12)32-100-31-38-21-16-14-17-22-38)63(97)81-48(51(86)35(6)7)61(95)75-41(27-33(2)3)56(90)73-40(55(89)79-46)25-20-26-71-65(69)70/h14-19,21-24,33-37,40-44,46-53,83-84,86-87H,13,20,25-32H2,1-12H3,(H2,68,88)(H,72,93)(H,73,90)(H,74,92)(H,75,95)(H,76,96)(H,77,99)(H,78,85)(H,79,89)(H,80,94)(H,81,97)(H,82,91)(H4,69,70,71)/t36-,37-,40+,41-,42-,43-,44+,46?,47?,48-,49-,50-,51+,52-,53+/m0/s1. The van der Waals surface area contributed by atoms with Crippen molar-refractivity contribution in [2.45, 2.75) is 212 Å². The Bertz CT molecular complexity index is 3190. The van der Waals surface area contributed by atoms with E-state index >= 15 is 14.4 Å². The lowest BCUT2D eigenvalue weighted by atomic mass is 9.95. The van der Waals surface area contributed by atoms with Crippen LogP contribution >= 0.6 is 0 Å². The number of rotatable bonds is 26. The third kappa shape index (κ3) is 29.2. The maximum Gasteiger partial charge on any atom is 0.408 e. The minimum absolute atomic E-state index is 0.0231. The number of guanidine groups is 1. The summed E-state index contributed by atoms with van der Waals surface area (Å²) < 4.78 is 17.3. The topological polar surface area (TPSA) is 553 Å². The SMILES string of the molecule is CC[C@H](C)C1NC(=O)[C@@H](CCCN=C(N)N)NC(=O)[C@H](CC(C)C)NC(=O)[C@H]([C@H](O)C(C)C)NC(=O)[C@@H](NC(=O)[C@H](CC(C)C)NC(=O)[C@@H](COCc2ccccc2)NC(=O)OC(C)(C)C)[C@@H](c2ccccc2)OC(=O)[C@H](CO)NC(=O)[C@H]([C@H](O)C(N)=O)NC(=O)CNC(=O)C([C@H](C)O)NC1=O. The molecule has 1 aliphatic rings. The first kappa shape index (κ1) is 86.6. The number of aliphatic hydroxyl groups excluding tert-OH is 4. The molecule has 21 N–H and O–H groups in total. The number of alkyl carbamates (subject to hydrolysis) is 1. The number of esters is 1. The fourth-order valence-electron chi connectivity index (χ4n) is 10.1. The van der Waals surface area contributed by atoms with Crippen LogP contribution in [-0.2, 0) is 78.4 Å². The molecule has 102 heavy (non-hydrogen) atoms. The number of cyclic esters (lactones) is 1. The Balaban J connectivity index is 2.43. The summed E-state index contributed by atoms with van der Waals surface area (Å²) in [6.45, 7) is 15.6. The molecule has 0 bridgehead atoms. The number of aliphatic imine (C=N–C) groups is 1. The zero-order valence-electron chi connectivity index (χ0n) is 59.7. The average Bonchev–Trinajstić information content (AvgIpc) is 0.812. The molecule has 1 fully saturated rings. The summed E-state index contributed by atoms with van der Waals surface area (Å²) in [4.78, 5) is 190. The van der Waals surface area contributed by atoms with Gasteiger partial charge in [0.25, 0.3) is 0 Å². The molecule has 2 unspecified atom stereocenters. The molecular weight excluding hydrogens is 1330 g/mol. The van der Waals surface area contributed by atoms with Crippen LogP contribution in [0.2, 0.25) is 0 Å². The van der Waals surface area contributed by atoms with Crippen LogP contribution < -0.4 is 75.7 Å². The largest absolute Gasteiger partial charge is 0.453 e. The summed E-state index contributed by atoms with van der Waals surface area (Å²) in [5.41, 5.74) is 16.0. The molecule has 0 aromatic heterocycles. The Morgan fingerprint density at radius 2 is 1.21 bits per heavy atom. The second-order valence-electron chi connectivity index (χ2n) is 27.0. The van der Waals surface area contributed by atoms with Crippen molar-refractivity contribution >= 4 is 83.0 Å². The minimum Gasteiger partial charge on any atom is -0.453 e. The molecule has 1 heterocycles. The Morgan fingerprint density at radius 3 is 1.75 bits per heavy atom. The number of amides is 12. The average molecular weight is 1440 g/mol. The van der Waals surface area contributed by atoms with E-state index in [-0.39, 0.29) is 56.8 Å². The van der Waals surface area contributed by atoms with Crippen molar-refractivity contribution in [3.05, 3.63) is 71.8 Å². The van der Waals surface area contributed by atoms with Gasteiger partial charge in [-0.2, -0.15) is 0 Å². The monoisotopic (exact) mass is 1440 g/mol. The highest BCUT2D eigenvalue weighted by Gasteiger charge is 2.44. The van der Waals surface area contributed by atoms with Crippen molar-refractivity contribution in [1.82, 2.24) is 58.5 Å². The molecule has 12 amide bonds. The number of carbonyl (C=O) groups excluding carboxylic acids is 13. The van der Waals surface area contributed by atoms with Gasteiger partial charge in [-0.15, -0.1) is 0 Å². The van der Waals surface area contributed by atoms with Gasteiger partial charge in [0.1, 0.15) is 60.0 Å². The van der Waals surface area contributed by atoms with Crippen LogP contribution in [0.4, 0.5) is 4.79 Å². The molecule has 1 saturated heterocycles. The Hall–Kier alpha value is -9.58. The van der Waals surface area contributed by atoms with Gasteiger partial charge >= 0.3 is 12.1 Å². The molecule has 2 aromatic carbocycles. The highest BCUT2D eigenvalue weighted by Crippen LogP contribution is 2.25. The molecule has 3 rings (SSSR count). The third-order valence-electron chi connectivity index (χ3n) is 15.8. The van der Waals surface area contributed by atoms with E-state index in [2.05, 4.69) is 52.8 Å². The smallest absolute Gasteiger partial charge is 0.408 e. The van der Waals surface area contributed by atoms with E-state index in [0.717, 1.165) is 6.92 Å². The molecule has 1 aliphatic heterocycles. The molecule has 0 saturated carbocycles. The van der Waals surface area contributed by atoms with Gasteiger partial charge < -0.3 is 110 Å². The van der Waals surface area contributed by atoms with Crippen LogP contribution in [0, 0.1) is 23.7 Å². The molecule has 0 aliphatic carbocycles. The van der Waals surface area contributed by atoms with Crippen LogP contribution in [0.15, 0.2) is 65.7 Å². The van der Waals surface area contributed by atoms with Gasteiger partial charge in [0.2, 0.25) is 65.0 Å². The lowest BCUT2D eigenvalue weighted by Gasteiger charge is -2.34. The number of nitrogens with one attached hydrogen (secondary N) is 11. The van der Waals surface area contributed by atoms with E-state index in [1.807, 2.05) is 10.6 Å². The van der Waals surface area contributed by atoms with E-state index in [4.69, 9.17) is 31.4 Å². The molecule has 15 atom stereocenters. The van der Waals surface area contributed by atoms with Crippen molar-refractivity contribution in [1.29, 1.82) is 0 Å². The van der Waals surface area contributed by atoms with Crippen molar-refractivity contribution < 1.29 is 97.0 Å². The highest BCUT2D eigenvalue weighted by molar-refractivity contribution is 6.00. The lowest BCUT2D eigenvalue weighted by Crippen LogP contribution is -2.64. The van der Waals surface area contributed by atoms with Crippen molar-refractivity contribution in [3.63, 3.8) is 0 Å². The maximum absolute atomic E-state index is 15.6. The van der Waals surface area contributed by atoms with Crippen LogP contribution in [-0.4, -0.2) is 214 Å². The molecule has 0 radical (unpaired) electrons. The van der Waals surface area contributed by atoms with Gasteiger partial charge in [-0.25, -0.2) is 9.59 Å². The molecule has 2 aromatic rings. The number of nitrogens with zero attached hydrogens (tertiary/aromatic N) is 1. The fraction of sp³-hybridized carbons (Fsp3) is 0.612. The number of carbonyl (C=O) groups is 13. The van der Waals surface area contributed by atoms with E-state index < -0.39 is 211 Å². The maximum atomic E-state index is 15.6. The number of primary amides is 1. The summed E-state index contributed by atoms with van der Waals surface area (Å²) in [6.07, 6.45) is -9.74. The quantitative estimate of drug-likeness (QED) is 0.0187. The molecule has 0 spiro atoms. The summed E-state index contributed by atoms with van der Waals surface area (Å²) >= 11 is 0. The molecule has 35 nitrogen and oxygen atoms in total. The first-order valence-electron chi connectivity index (χ1n) is 33.7. The third-order valence-corrected chi connectivity index (χ3v) is 15.8. The molecular formula is C67H105N15O20. The first-order chi connectivity index (χ1) is 47.8. The summed E-state index contributed by atoms with van der Waals surface area (Å²) in [5, 5.41) is 70.9. The van der Waals surface area contributed by atoms with Gasteiger partial charge in [0, 0.05) is 6.54 Å². The lowest BCUT2D eigenvalue weighted by molar-refractivity contribution is -0.159. The Labute approximate surface area is 592 Å². The van der Waals surface area contributed by atoms with E-state index in [1.165, 1.54) is 44.2 Å². The molecule has 35 heteroatoms. The van der Waals surface area contributed by atoms with Gasteiger partial charge in [-0.3, -0.25) is 57.7 Å². The number of hydrogen-bond acceptors (Lipinski definition) is 21. The number of ether oxygens (including phenoxy) is 3. The summed E-state index contributed by atoms with van der Waals surface area (Å²) in [6, 6.07) is -3.16. The number of aliphatic hydroxyl groups is 4. The predicted octanol–water partition coefficient (Wildman–Crippen LogP) is -3.70. The number of benzene rings is 2. The Morgan fingerprint density at radius 1 is 0.647 bits per heavy atom. The van der Waals surface area contributed by atoms with Gasteiger partial charge in [-0.1, -0.05) is 122 Å². The fourth-order valence-corrected chi connectivity index (χ4v) is 10.1. The summed E-state index contributed by atoms with van der Waals surface area (Å²) in [7, 11) is 0. The van der Waals surface area contributed by atoms with Crippen LogP contribution in [0.3, 0.4) is 0 Å². The predicted molar refractivity (Wildman–Crippen MR) is 368 cm³/mol. The minimum atomic E-state index is -2.61. The Kier molecular flexibility index (Phi) is 35.7. The zero-order valence-corrected chi connectivity index (χ0v) is 59.7. The van der Waals surface area contributed by atoms with Gasteiger partial charge in [0.05, 0.1) is 38.6 Å².